The van der Waals surface area contributed by atoms with Crippen molar-refractivity contribution in [1.29, 1.82) is 0 Å². The number of carbonyl (C=O) groups is 2. The van der Waals surface area contributed by atoms with Crippen molar-refractivity contribution in [2.24, 2.45) is 0 Å². The summed E-state index contributed by atoms with van der Waals surface area (Å²) in [6.07, 6.45) is 1.79. The maximum absolute atomic E-state index is 12.6. The van der Waals surface area contributed by atoms with Crippen LogP contribution in [-0.4, -0.2) is 28.6 Å². The number of aryl methyl sites for hydroxylation is 3. The molecule has 38 heavy (non-hydrogen) atoms. The van der Waals surface area contributed by atoms with E-state index in [0.717, 1.165) is 34.6 Å². The third-order valence-electron chi connectivity index (χ3n) is 6.08. The van der Waals surface area contributed by atoms with E-state index in [1.54, 1.807) is 24.3 Å². The summed E-state index contributed by atoms with van der Waals surface area (Å²) in [6.45, 7) is 2.60. The number of aromatic nitrogens is 1. The SMILES string of the molecule is Cc1oc(-c2ccccc2)nc1CCCOc1ccc(CCC(=O)O)c(CNC(=O)c2ccccc2Cl)c1. The average molecular weight is 533 g/mol. The lowest BCUT2D eigenvalue weighted by molar-refractivity contribution is -0.136. The molecular formula is C30H29ClN2O5. The van der Waals surface area contributed by atoms with Crippen molar-refractivity contribution in [3.05, 3.63) is 106 Å². The van der Waals surface area contributed by atoms with Gasteiger partial charge in [-0.1, -0.05) is 48.0 Å². The largest absolute Gasteiger partial charge is 0.494 e. The fraction of sp³-hybridized carbons (Fsp3) is 0.233. The molecule has 0 aliphatic carbocycles. The second-order valence-corrected chi connectivity index (χ2v) is 9.23. The molecular weight excluding hydrogens is 504 g/mol. The van der Waals surface area contributed by atoms with Gasteiger partial charge in [-0.15, -0.1) is 0 Å². The molecule has 1 aromatic heterocycles. The number of aliphatic carboxylic acids is 1. The number of nitrogens with one attached hydrogen (secondary N) is 1. The second kappa shape index (κ2) is 12.9. The van der Waals surface area contributed by atoms with Crippen LogP contribution >= 0.6 is 11.6 Å². The van der Waals surface area contributed by atoms with Gasteiger partial charge < -0.3 is 19.6 Å². The third-order valence-corrected chi connectivity index (χ3v) is 6.41. The molecule has 0 saturated heterocycles. The van der Waals surface area contributed by atoms with Gasteiger partial charge in [0.2, 0.25) is 5.89 Å². The number of halogens is 1. The lowest BCUT2D eigenvalue weighted by Gasteiger charge is -2.14. The van der Waals surface area contributed by atoms with Crippen LogP contribution in [0.2, 0.25) is 5.02 Å². The van der Waals surface area contributed by atoms with E-state index in [4.69, 9.17) is 25.9 Å². The summed E-state index contributed by atoms with van der Waals surface area (Å²) in [5, 5.41) is 12.4. The maximum Gasteiger partial charge on any atom is 0.303 e. The summed E-state index contributed by atoms with van der Waals surface area (Å²) >= 11 is 6.14. The minimum Gasteiger partial charge on any atom is -0.494 e. The number of carbonyl (C=O) groups excluding carboxylic acids is 1. The van der Waals surface area contributed by atoms with Gasteiger partial charge in [0.05, 0.1) is 22.9 Å². The third kappa shape index (κ3) is 7.23. The number of nitrogens with zero attached hydrogens (tertiary/aromatic N) is 1. The molecule has 8 heteroatoms. The van der Waals surface area contributed by atoms with E-state index in [1.807, 2.05) is 55.5 Å². The Balaban J connectivity index is 1.37. The van der Waals surface area contributed by atoms with Crippen LogP contribution in [0, 0.1) is 6.92 Å². The molecule has 7 nitrogen and oxygen atoms in total. The van der Waals surface area contributed by atoms with Gasteiger partial charge in [0.1, 0.15) is 11.5 Å². The quantitative estimate of drug-likeness (QED) is 0.209. The average Bonchev–Trinajstić information content (AvgIpc) is 3.30. The summed E-state index contributed by atoms with van der Waals surface area (Å²) in [5.74, 6) is 0.870. The van der Waals surface area contributed by atoms with Crippen molar-refractivity contribution in [2.75, 3.05) is 6.61 Å². The molecule has 4 aromatic rings. The number of rotatable bonds is 12. The Bertz CT molecular complexity index is 1400. The van der Waals surface area contributed by atoms with Crippen LogP contribution in [0.5, 0.6) is 5.75 Å². The number of hydrogen-bond donors (Lipinski definition) is 2. The normalized spacial score (nSPS) is 10.8. The van der Waals surface area contributed by atoms with Gasteiger partial charge in [0, 0.05) is 18.5 Å². The van der Waals surface area contributed by atoms with Crippen molar-refractivity contribution in [3.8, 4) is 17.2 Å². The van der Waals surface area contributed by atoms with Crippen molar-refractivity contribution < 1.29 is 23.8 Å². The zero-order valence-corrected chi connectivity index (χ0v) is 21.8. The van der Waals surface area contributed by atoms with E-state index in [2.05, 4.69) is 10.3 Å². The van der Waals surface area contributed by atoms with Gasteiger partial charge in [0.25, 0.3) is 5.91 Å². The Labute approximate surface area is 226 Å². The van der Waals surface area contributed by atoms with Crippen molar-refractivity contribution in [1.82, 2.24) is 10.3 Å². The number of carboxylic acid groups (broad SMARTS) is 1. The van der Waals surface area contributed by atoms with E-state index in [9.17, 15) is 9.59 Å². The topological polar surface area (TPSA) is 102 Å². The maximum atomic E-state index is 12.6. The molecule has 196 valence electrons. The first-order chi connectivity index (χ1) is 18.4. The Morgan fingerprint density at radius 3 is 2.53 bits per heavy atom. The van der Waals surface area contributed by atoms with Crippen molar-refractivity contribution in [3.63, 3.8) is 0 Å². The first-order valence-electron chi connectivity index (χ1n) is 12.4. The first kappa shape index (κ1) is 26.9. The molecule has 2 N–H and O–H groups in total. The second-order valence-electron chi connectivity index (χ2n) is 8.83. The van der Waals surface area contributed by atoms with Crippen LogP contribution in [0.25, 0.3) is 11.5 Å². The van der Waals surface area contributed by atoms with Gasteiger partial charge in [-0.05, 0) is 73.7 Å². The summed E-state index contributed by atoms with van der Waals surface area (Å²) in [6, 6.07) is 22.1. The highest BCUT2D eigenvalue weighted by Gasteiger charge is 2.13. The van der Waals surface area contributed by atoms with Crippen LogP contribution in [0.3, 0.4) is 0 Å². The fourth-order valence-electron chi connectivity index (χ4n) is 4.05. The van der Waals surface area contributed by atoms with E-state index >= 15 is 0 Å². The molecule has 0 saturated carbocycles. The molecule has 0 bridgehead atoms. The molecule has 0 spiro atoms. The van der Waals surface area contributed by atoms with Crippen LogP contribution in [-0.2, 0) is 24.2 Å². The van der Waals surface area contributed by atoms with E-state index in [-0.39, 0.29) is 18.9 Å². The molecule has 1 amide bonds. The summed E-state index contributed by atoms with van der Waals surface area (Å²) < 4.78 is 11.8. The Morgan fingerprint density at radius 1 is 1.00 bits per heavy atom. The monoisotopic (exact) mass is 532 g/mol. The number of ether oxygens (including phenoxy) is 1. The lowest BCUT2D eigenvalue weighted by atomic mass is 10.0. The minimum atomic E-state index is -0.880. The van der Waals surface area contributed by atoms with Crippen LogP contribution in [0.4, 0.5) is 0 Å². The standard InChI is InChI=1S/C30H29ClN2O5/c1-20-27(33-30(38-20)22-8-3-2-4-9-22)12-7-17-37-24-15-13-21(14-16-28(34)35)23(18-24)19-32-29(36)25-10-5-6-11-26(25)31/h2-6,8-11,13,15,18H,7,12,14,16-17,19H2,1H3,(H,32,36)(H,34,35). The number of hydrogen-bond acceptors (Lipinski definition) is 5. The number of carboxylic acids is 1. The minimum absolute atomic E-state index is 0.00627. The van der Waals surface area contributed by atoms with Crippen molar-refractivity contribution >= 4 is 23.5 Å². The van der Waals surface area contributed by atoms with Crippen LogP contribution in [0.1, 0.15) is 45.8 Å². The van der Waals surface area contributed by atoms with Gasteiger partial charge in [-0.25, -0.2) is 4.98 Å². The smallest absolute Gasteiger partial charge is 0.303 e. The van der Waals surface area contributed by atoms with Crippen LogP contribution in [0.15, 0.2) is 77.2 Å². The lowest BCUT2D eigenvalue weighted by Crippen LogP contribution is -2.23. The molecule has 0 unspecified atom stereocenters. The van der Waals surface area contributed by atoms with Gasteiger partial charge in [0.15, 0.2) is 0 Å². The highest BCUT2D eigenvalue weighted by Crippen LogP contribution is 2.23. The van der Waals surface area contributed by atoms with Crippen molar-refractivity contribution in [2.45, 2.75) is 39.2 Å². The van der Waals surface area contributed by atoms with E-state index < -0.39 is 5.97 Å². The number of benzene rings is 3. The zero-order valence-electron chi connectivity index (χ0n) is 21.1. The summed E-state index contributed by atoms with van der Waals surface area (Å²) in [5.41, 5.74) is 3.86. The molecule has 1 heterocycles. The molecule has 0 aliphatic heterocycles. The number of amides is 1. The molecule has 0 aliphatic rings. The zero-order chi connectivity index (χ0) is 26.9. The molecule has 0 fully saturated rings. The molecule has 0 atom stereocenters. The Morgan fingerprint density at radius 2 is 1.76 bits per heavy atom. The van der Waals surface area contributed by atoms with Gasteiger partial charge in [-0.3, -0.25) is 9.59 Å². The summed E-state index contributed by atoms with van der Waals surface area (Å²) in [7, 11) is 0. The number of oxazole rings is 1. The summed E-state index contributed by atoms with van der Waals surface area (Å²) in [4.78, 5) is 28.4. The van der Waals surface area contributed by atoms with Gasteiger partial charge in [-0.2, -0.15) is 0 Å². The Hall–Kier alpha value is -4.10. The predicted molar refractivity (Wildman–Crippen MR) is 146 cm³/mol. The fourth-order valence-corrected chi connectivity index (χ4v) is 4.27. The van der Waals surface area contributed by atoms with E-state index in [0.29, 0.717) is 41.7 Å². The first-order valence-corrected chi connectivity index (χ1v) is 12.8. The van der Waals surface area contributed by atoms with E-state index in [1.165, 1.54) is 0 Å². The molecule has 3 aromatic carbocycles. The predicted octanol–water partition coefficient (Wildman–Crippen LogP) is 6.26. The molecule has 0 radical (unpaired) electrons. The van der Waals surface area contributed by atoms with Gasteiger partial charge >= 0.3 is 5.97 Å². The Kier molecular flexibility index (Phi) is 9.16. The highest BCUT2D eigenvalue weighted by molar-refractivity contribution is 6.33. The van der Waals surface area contributed by atoms with Crippen LogP contribution < -0.4 is 10.1 Å². The highest BCUT2D eigenvalue weighted by atomic mass is 35.5. The molecule has 4 rings (SSSR count).